The van der Waals surface area contributed by atoms with Gasteiger partial charge in [0, 0.05) is 21.8 Å². The van der Waals surface area contributed by atoms with Crippen LogP contribution in [-0.4, -0.2) is 10.4 Å². The molecule has 0 saturated heterocycles. The van der Waals surface area contributed by atoms with E-state index in [0.717, 1.165) is 28.3 Å². The Balaban J connectivity index is 1.16. The summed E-state index contributed by atoms with van der Waals surface area (Å²) < 4.78 is 2.45. The molecule has 1 aliphatic heterocycles. The third-order valence-corrected chi connectivity index (χ3v) is 13.1. The summed E-state index contributed by atoms with van der Waals surface area (Å²) in [6.45, 7) is 4.63. The number of fused-ring (bicyclic) bond motifs is 9. The summed E-state index contributed by atoms with van der Waals surface area (Å²) in [6, 6.07) is 69.2. The number of nitrogens with zero attached hydrogens (tertiary/aromatic N) is 2. The van der Waals surface area contributed by atoms with E-state index < -0.39 is 5.41 Å². The van der Waals surface area contributed by atoms with Crippen LogP contribution in [0.15, 0.2) is 199 Å². The Morgan fingerprint density at radius 3 is 1.84 bits per heavy atom. The van der Waals surface area contributed by atoms with E-state index in [0.29, 0.717) is 0 Å². The normalized spacial score (nSPS) is 17.2. The predicted octanol–water partition coefficient (Wildman–Crippen LogP) is 12.6. The van der Waals surface area contributed by atoms with Crippen molar-refractivity contribution in [2.24, 2.45) is 4.99 Å². The van der Waals surface area contributed by atoms with Crippen molar-refractivity contribution < 1.29 is 0 Å². The zero-order valence-electron chi connectivity index (χ0n) is 31.9. The van der Waals surface area contributed by atoms with Gasteiger partial charge in [0.25, 0.3) is 0 Å². The molecule has 2 aliphatic carbocycles. The molecular weight excluding hydrogens is 691 g/mol. The summed E-state index contributed by atoms with van der Waals surface area (Å²) in [5.74, 6) is 0.983. The first-order chi connectivity index (χ1) is 28.0. The van der Waals surface area contributed by atoms with Crippen molar-refractivity contribution in [3.63, 3.8) is 0 Å². The van der Waals surface area contributed by atoms with E-state index in [-0.39, 0.29) is 11.5 Å². The third-order valence-electron chi connectivity index (χ3n) is 13.1. The maximum atomic E-state index is 5.87. The van der Waals surface area contributed by atoms with Gasteiger partial charge in [-0.05, 0) is 73.5 Å². The van der Waals surface area contributed by atoms with Gasteiger partial charge < -0.3 is 5.32 Å². The number of benzene rings is 8. The van der Waals surface area contributed by atoms with Crippen LogP contribution in [-0.2, 0) is 10.8 Å². The molecule has 1 N–H and O–H groups in total. The number of aromatic nitrogens is 1. The van der Waals surface area contributed by atoms with Gasteiger partial charge in [0.2, 0.25) is 0 Å². The molecule has 2 heterocycles. The number of aliphatic imine (C=N–C) groups is 1. The van der Waals surface area contributed by atoms with Crippen LogP contribution in [0.5, 0.6) is 0 Å². The topological polar surface area (TPSA) is 29.3 Å². The van der Waals surface area contributed by atoms with Crippen molar-refractivity contribution in [3.05, 3.63) is 233 Å². The van der Waals surface area contributed by atoms with Crippen molar-refractivity contribution in [1.82, 2.24) is 9.88 Å². The molecule has 0 radical (unpaired) electrons. The van der Waals surface area contributed by atoms with Gasteiger partial charge in [-0.1, -0.05) is 184 Å². The Labute approximate surface area is 332 Å². The van der Waals surface area contributed by atoms with E-state index in [2.05, 4.69) is 212 Å². The zero-order chi connectivity index (χ0) is 37.9. The quantitative estimate of drug-likeness (QED) is 0.193. The molecule has 9 aromatic rings. The van der Waals surface area contributed by atoms with Crippen LogP contribution in [0, 0.1) is 0 Å². The minimum Gasteiger partial charge on any atom is -0.370 e. The molecule has 0 bridgehead atoms. The molecule has 8 aromatic carbocycles. The summed E-state index contributed by atoms with van der Waals surface area (Å²) in [4.78, 5) is 5.87. The zero-order valence-corrected chi connectivity index (χ0v) is 31.9. The maximum Gasteiger partial charge on any atom is 0.141 e. The summed E-state index contributed by atoms with van der Waals surface area (Å²) >= 11 is 0. The number of allylic oxidation sites excluding steroid dienone is 1. The van der Waals surface area contributed by atoms with E-state index in [1.807, 2.05) is 0 Å². The standard InChI is InChI=1S/C54H39N3/c1-53(2)44-26-14-12-25-42(44)50-51(53)56-52(57-47-28-16-13-24-41(47)43-31-34-17-9-10-18-35(34)33-48(43)57)49(55-50)36-29-30-40-39-23-11-15-27-45(39)54(46(40)32-36,37-19-5-3-6-20-37)38-21-7-4-8-22-38/h3-33,49,55H,1-2H3. The Bertz CT molecular complexity index is 3140. The molecular formula is C54H39N3. The fourth-order valence-corrected chi connectivity index (χ4v) is 10.5. The Morgan fingerprint density at radius 2 is 1.09 bits per heavy atom. The molecule has 0 fully saturated rings. The van der Waals surface area contributed by atoms with Crippen LogP contribution in [0.4, 0.5) is 0 Å². The largest absolute Gasteiger partial charge is 0.370 e. The molecule has 0 saturated carbocycles. The predicted molar refractivity (Wildman–Crippen MR) is 236 cm³/mol. The molecule has 3 nitrogen and oxygen atoms in total. The number of nitrogens with one attached hydrogen (secondary N) is 1. The molecule has 1 atom stereocenters. The summed E-state index contributed by atoms with van der Waals surface area (Å²) in [7, 11) is 0. The first-order valence-corrected chi connectivity index (χ1v) is 20.0. The molecule has 3 heteroatoms. The van der Waals surface area contributed by atoms with Crippen molar-refractivity contribution >= 4 is 44.1 Å². The van der Waals surface area contributed by atoms with Crippen LogP contribution in [0.1, 0.15) is 58.8 Å². The van der Waals surface area contributed by atoms with Gasteiger partial charge in [-0.15, -0.1) is 0 Å². The second-order valence-electron chi connectivity index (χ2n) is 16.3. The van der Waals surface area contributed by atoms with Crippen molar-refractivity contribution in [1.29, 1.82) is 0 Å². The minimum absolute atomic E-state index is 0.255. The molecule has 12 rings (SSSR count). The molecule has 57 heavy (non-hydrogen) atoms. The van der Waals surface area contributed by atoms with E-state index in [1.54, 1.807) is 0 Å². The molecule has 1 unspecified atom stereocenters. The second kappa shape index (κ2) is 11.8. The maximum absolute atomic E-state index is 5.87. The van der Waals surface area contributed by atoms with Crippen LogP contribution >= 0.6 is 0 Å². The van der Waals surface area contributed by atoms with Gasteiger partial charge in [-0.25, -0.2) is 4.99 Å². The Morgan fingerprint density at radius 1 is 0.491 bits per heavy atom. The van der Waals surface area contributed by atoms with Crippen molar-refractivity contribution in [3.8, 4) is 11.1 Å². The van der Waals surface area contributed by atoms with Gasteiger partial charge in [-0.2, -0.15) is 0 Å². The SMILES string of the molecule is CC1(C)C2=C(NC(c3ccc4c(c3)C(c3ccccc3)(c3ccccc3)c3ccccc3-4)C(n3c4ccccc4c4cc5ccccc5cc43)=N2)c2ccccc21. The Kier molecular flexibility index (Phi) is 6.67. The number of rotatable bonds is 3. The fraction of sp³-hybridized carbons (Fsp3) is 0.0926. The minimum atomic E-state index is -0.505. The van der Waals surface area contributed by atoms with E-state index in [9.17, 15) is 0 Å². The van der Waals surface area contributed by atoms with Crippen LogP contribution in [0.3, 0.4) is 0 Å². The van der Waals surface area contributed by atoms with Gasteiger partial charge in [-0.3, -0.25) is 4.57 Å². The lowest BCUT2D eigenvalue weighted by molar-refractivity contribution is 0.618. The first-order valence-electron chi connectivity index (χ1n) is 20.0. The highest BCUT2D eigenvalue weighted by Gasteiger charge is 2.47. The van der Waals surface area contributed by atoms with Crippen molar-refractivity contribution in [2.45, 2.75) is 30.7 Å². The molecule has 0 amide bonds. The molecule has 3 aliphatic rings. The lowest BCUT2D eigenvalue weighted by Crippen LogP contribution is -2.36. The van der Waals surface area contributed by atoms with Crippen LogP contribution in [0.25, 0.3) is 49.4 Å². The number of hydrogen-bond acceptors (Lipinski definition) is 2. The summed E-state index contributed by atoms with van der Waals surface area (Å²) in [6.07, 6.45) is 0. The van der Waals surface area contributed by atoms with Crippen LogP contribution in [0.2, 0.25) is 0 Å². The highest BCUT2D eigenvalue weighted by atomic mass is 15.2. The van der Waals surface area contributed by atoms with E-state index in [1.165, 1.54) is 71.6 Å². The average Bonchev–Trinajstić information content (AvgIpc) is 3.83. The van der Waals surface area contributed by atoms with Crippen molar-refractivity contribution in [2.75, 3.05) is 0 Å². The summed E-state index contributed by atoms with van der Waals surface area (Å²) in [5.41, 5.74) is 15.1. The second-order valence-corrected chi connectivity index (χ2v) is 16.3. The molecule has 1 aromatic heterocycles. The fourth-order valence-electron chi connectivity index (χ4n) is 10.5. The van der Waals surface area contributed by atoms with Crippen LogP contribution < -0.4 is 5.32 Å². The van der Waals surface area contributed by atoms with Gasteiger partial charge >= 0.3 is 0 Å². The monoisotopic (exact) mass is 729 g/mol. The number of hydrogen-bond donors (Lipinski definition) is 1. The Hall–Kier alpha value is -6.97. The van der Waals surface area contributed by atoms with E-state index >= 15 is 0 Å². The van der Waals surface area contributed by atoms with Gasteiger partial charge in [0.05, 0.1) is 27.8 Å². The molecule has 270 valence electrons. The smallest absolute Gasteiger partial charge is 0.141 e. The lowest BCUT2D eigenvalue weighted by Gasteiger charge is -2.35. The molecule has 0 spiro atoms. The average molecular weight is 730 g/mol. The van der Waals surface area contributed by atoms with Gasteiger partial charge in [0.1, 0.15) is 11.9 Å². The highest BCUT2D eigenvalue weighted by molar-refractivity contribution is 6.18. The lowest BCUT2D eigenvalue weighted by atomic mass is 9.67. The first kappa shape index (κ1) is 32.3. The highest BCUT2D eigenvalue weighted by Crippen LogP contribution is 2.57. The van der Waals surface area contributed by atoms with Gasteiger partial charge in [0.15, 0.2) is 0 Å². The number of para-hydroxylation sites is 1. The summed E-state index contributed by atoms with van der Waals surface area (Å²) in [5, 5.41) is 9.11. The third kappa shape index (κ3) is 4.34. The van der Waals surface area contributed by atoms with E-state index in [4.69, 9.17) is 4.99 Å².